The van der Waals surface area contributed by atoms with Gasteiger partial charge in [-0.3, -0.25) is 0 Å². The summed E-state index contributed by atoms with van der Waals surface area (Å²) in [5.74, 6) is 2.32. The second kappa shape index (κ2) is 7.12. The summed E-state index contributed by atoms with van der Waals surface area (Å²) in [6, 6.07) is 3.77. The average molecular weight is 316 g/mol. The normalized spacial score (nSPS) is 22.0. The molecular formula is C16H16F4O2. The minimum absolute atomic E-state index is 0.305. The number of ether oxygens (including phenoxy) is 2. The molecule has 2 nitrogen and oxygen atoms in total. The molecule has 0 atom stereocenters. The van der Waals surface area contributed by atoms with E-state index in [1.807, 2.05) is 0 Å². The molecule has 0 spiro atoms. The van der Waals surface area contributed by atoms with E-state index in [2.05, 4.69) is 6.92 Å². The van der Waals surface area contributed by atoms with Crippen LogP contribution in [-0.4, -0.2) is 19.4 Å². The molecule has 1 aliphatic heterocycles. The second-order valence-electron chi connectivity index (χ2n) is 5.14. The zero-order chi connectivity index (χ0) is 16.2. The molecular weight excluding hydrogens is 300 g/mol. The first-order valence-electron chi connectivity index (χ1n) is 7.01. The van der Waals surface area contributed by atoms with Gasteiger partial charge >= 0.3 is 6.18 Å². The van der Waals surface area contributed by atoms with Crippen molar-refractivity contribution in [2.24, 2.45) is 5.92 Å². The third-order valence-electron chi connectivity index (χ3n) is 3.27. The molecule has 0 unspecified atom stereocenters. The third-order valence-corrected chi connectivity index (χ3v) is 3.27. The van der Waals surface area contributed by atoms with Crippen molar-refractivity contribution < 1.29 is 27.0 Å². The molecule has 0 radical (unpaired) electrons. The maximum absolute atomic E-state index is 13.8. The van der Waals surface area contributed by atoms with Crippen molar-refractivity contribution in [1.29, 1.82) is 0 Å². The molecule has 1 fully saturated rings. The molecule has 120 valence electrons. The summed E-state index contributed by atoms with van der Waals surface area (Å²) in [6.07, 6.45) is -3.31. The smallest absolute Gasteiger partial charge is 0.348 e. The fourth-order valence-electron chi connectivity index (χ4n) is 2.23. The third kappa shape index (κ3) is 4.72. The van der Waals surface area contributed by atoms with Crippen LogP contribution in [0.4, 0.5) is 17.6 Å². The number of hydrogen-bond acceptors (Lipinski definition) is 2. The number of benzene rings is 1. The van der Waals surface area contributed by atoms with Gasteiger partial charge in [-0.2, -0.15) is 13.2 Å². The summed E-state index contributed by atoms with van der Waals surface area (Å²) >= 11 is 0. The predicted octanol–water partition coefficient (Wildman–Crippen LogP) is 4.20. The molecule has 0 amide bonds. The summed E-state index contributed by atoms with van der Waals surface area (Å²) < 4.78 is 60.9. The van der Waals surface area contributed by atoms with Gasteiger partial charge in [0.15, 0.2) is 6.29 Å². The Morgan fingerprint density at radius 3 is 2.45 bits per heavy atom. The van der Waals surface area contributed by atoms with Gasteiger partial charge in [0.25, 0.3) is 0 Å². The Morgan fingerprint density at radius 2 is 1.91 bits per heavy atom. The molecule has 0 aliphatic carbocycles. The van der Waals surface area contributed by atoms with Gasteiger partial charge in [0, 0.05) is 17.4 Å². The van der Waals surface area contributed by atoms with Crippen molar-refractivity contribution in [3.63, 3.8) is 0 Å². The van der Waals surface area contributed by atoms with Gasteiger partial charge in [-0.1, -0.05) is 25.3 Å². The van der Waals surface area contributed by atoms with E-state index in [4.69, 9.17) is 9.47 Å². The Kier molecular flexibility index (Phi) is 5.43. The highest BCUT2D eigenvalue weighted by atomic mass is 19.4. The van der Waals surface area contributed by atoms with Gasteiger partial charge < -0.3 is 9.47 Å². The van der Waals surface area contributed by atoms with Crippen LogP contribution in [0.5, 0.6) is 0 Å². The van der Waals surface area contributed by atoms with Crippen LogP contribution in [0.25, 0.3) is 0 Å². The number of halogens is 4. The zero-order valence-corrected chi connectivity index (χ0v) is 12.0. The average Bonchev–Trinajstić information content (AvgIpc) is 2.46. The Balaban J connectivity index is 2.05. The van der Waals surface area contributed by atoms with E-state index in [-0.39, 0.29) is 5.56 Å². The number of hydrogen-bond donors (Lipinski definition) is 0. The van der Waals surface area contributed by atoms with E-state index in [0.29, 0.717) is 24.7 Å². The Morgan fingerprint density at radius 1 is 1.23 bits per heavy atom. The van der Waals surface area contributed by atoms with E-state index >= 15 is 0 Å². The van der Waals surface area contributed by atoms with E-state index in [9.17, 15) is 17.6 Å². The van der Waals surface area contributed by atoms with E-state index in [1.54, 1.807) is 5.92 Å². The van der Waals surface area contributed by atoms with Crippen molar-refractivity contribution in [2.45, 2.75) is 32.2 Å². The molecule has 1 heterocycles. The van der Waals surface area contributed by atoms with Gasteiger partial charge in [-0.25, -0.2) is 4.39 Å². The highest BCUT2D eigenvalue weighted by Gasteiger charge is 2.25. The molecule has 1 aliphatic rings. The van der Waals surface area contributed by atoms with E-state index < -0.39 is 18.3 Å². The fraction of sp³-hybridized carbons (Fsp3) is 0.500. The van der Waals surface area contributed by atoms with Gasteiger partial charge in [0.05, 0.1) is 18.8 Å². The lowest BCUT2D eigenvalue weighted by atomic mass is 10.0. The lowest BCUT2D eigenvalue weighted by Crippen LogP contribution is -2.27. The van der Waals surface area contributed by atoms with Gasteiger partial charge in [0.1, 0.15) is 5.82 Å². The Hall–Kier alpha value is -1.58. The molecule has 22 heavy (non-hydrogen) atoms. The largest absolute Gasteiger partial charge is 0.458 e. The van der Waals surface area contributed by atoms with E-state index in [0.717, 1.165) is 24.8 Å². The minimum atomic E-state index is -4.64. The molecule has 0 saturated carbocycles. The van der Waals surface area contributed by atoms with Crippen LogP contribution >= 0.6 is 0 Å². The van der Waals surface area contributed by atoms with Crippen LogP contribution in [0, 0.1) is 23.6 Å². The van der Waals surface area contributed by atoms with Crippen molar-refractivity contribution in [3.8, 4) is 11.8 Å². The number of rotatable bonds is 3. The van der Waals surface area contributed by atoms with Crippen LogP contribution in [0.1, 0.15) is 37.2 Å². The topological polar surface area (TPSA) is 18.5 Å². The van der Waals surface area contributed by atoms with Crippen LogP contribution in [0.15, 0.2) is 18.2 Å². The highest BCUT2D eigenvalue weighted by molar-refractivity contribution is 5.38. The maximum Gasteiger partial charge on any atom is 0.458 e. The van der Waals surface area contributed by atoms with E-state index in [1.165, 1.54) is 12.1 Å². The maximum atomic E-state index is 13.8. The summed E-state index contributed by atoms with van der Waals surface area (Å²) in [5, 5.41) is 0. The molecule has 1 aromatic carbocycles. The molecule has 1 saturated heterocycles. The quantitative estimate of drug-likeness (QED) is 0.614. The monoisotopic (exact) mass is 316 g/mol. The molecule has 2 rings (SSSR count). The summed E-state index contributed by atoms with van der Waals surface area (Å²) in [4.78, 5) is 0. The summed E-state index contributed by atoms with van der Waals surface area (Å²) in [6.45, 7) is 3.12. The first-order valence-corrected chi connectivity index (χ1v) is 7.01. The SMILES string of the molecule is CCCC1COC(c2ccc(C#CC(F)(F)F)c(F)c2)OC1. The van der Waals surface area contributed by atoms with Crippen LogP contribution in [0.3, 0.4) is 0 Å². The fourth-order valence-corrected chi connectivity index (χ4v) is 2.23. The lowest BCUT2D eigenvalue weighted by Gasteiger charge is -2.29. The first kappa shape index (κ1) is 16.8. The van der Waals surface area contributed by atoms with Crippen molar-refractivity contribution in [2.75, 3.05) is 13.2 Å². The van der Waals surface area contributed by atoms with Crippen molar-refractivity contribution >= 4 is 0 Å². The molecule has 1 aromatic rings. The number of alkyl halides is 3. The van der Waals surface area contributed by atoms with Gasteiger partial charge in [-0.15, -0.1) is 0 Å². The second-order valence-corrected chi connectivity index (χ2v) is 5.14. The molecule has 0 N–H and O–H groups in total. The summed E-state index contributed by atoms with van der Waals surface area (Å²) in [7, 11) is 0. The zero-order valence-electron chi connectivity index (χ0n) is 12.0. The predicted molar refractivity (Wildman–Crippen MR) is 72.4 cm³/mol. The Labute approximate surface area is 126 Å². The molecule has 0 bridgehead atoms. The highest BCUT2D eigenvalue weighted by Crippen LogP contribution is 2.27. The summed E-state index contributed by atoms with van der Waals surface area (Å²) in [5.41, 5.74) is 0.130. The molecule has 0 aromatic heterocycles. The Bertz CT molecular complexity index is 564. The van der Waals surface area contributed by atoms with Crippen molar-refractivity contribution in [1.82, 2.24) is 0 Å². The first-order chi connectivity index (χ1) is 10.4. The van der Waals surface area contributed by atoms with Crippen LogP contribution in [-0.2, 0) is 9.47 Å². The van der Waals surface area contributed by atoms with Crippen LogP contribution in [0.2, 0.25) is 0 Å². The lowest BCUT2D eigenvalue weighted by molar-refractivity contribution is -0.206. The molecule has 6 heteroatoms. The minimum Gasteiger partial charge on any atom is -0.348 e. The van der Waals surface area contributed by atoms with Gasteiger partial charge in [-0.05, 0) is 18.6 Å². The van der Waals surface area contributed by atoms with Crippen molar-refractivity contribution in [3.05, 3.63) is 35.1 Å². The van der Waals surface area contributed by atoms with Crippen LogP contribution < -0.4 is 0 Å². The van der Waals surface area contributed by atoms with Gasteiger partial charge in [0.2, 0.25) is 0 Å². The standard InChI is InChI=1S/C16H16F4O2/c1-2-3-11-9-21-15(22-10-11)13-5-4-12(14(17)8-13)6-7-16(18,19)20/h4-5,8,11,15H,2-3,9-10H2,1H3.